The molecule has 0 N–H and O–H groups in total. The van der Waals surface area contributed by atoms with E-state index in [1.807, 2.05) is 13.8 Å². The molecule has 0 amide bonds. The predicted molar refractivity (Wildman–Crippen MR) is 76.7 cm³/mol. The van der Waals surface area contributed by atoms with Gasteiger partial charge in [-0.25, -0.2) is 0 Å². The summed E-state index contributed by atoms with van der Waals surface area (Å²) in [6.45, 7) is 11.0. The standard InChI is InChI=1S/C14H21N.C2H6/c1-11(2)12-4-6-13(7-5-12)14-8-9-15(3)10-14;1-2/h4-7,11,14H,8-10H2,1-3H3;1-2H3. The smallest absolute Gasteiger partial charge is 0.00477 e. The molecule has 2 rings (SSSR count). The quantitative estimate of drug-likeness (QED) is 0.738. The molecule has 1 nitrogen and oxygen atoms in total. The van der Waals surface area contributed by atoms with Crippen molar-refractivity contribution in [2.24, 2.45) is 0 Å². The monoisotopic (exact) mass is 233 g/mol. The van der Waals surface area contributed by atoms with Gasteiger partial charge in [0.05, 0.1) is 0 Å². The fourth-order valence-electron chi connectivity index (χ4n) is 2.36. The largest absolute Gasteiger partial charge is 0.306 e. The maximum atomic E-state index is 2.42. The molecule has 1 saturated heterocycles. The molecule has 1 fully saturated rings. The number of nitrogens with zero attached hydrogens (tertiary/aromatic N) is 1. The summed E-state index contributed by atoms with van der Waals surface area (Å²) in [6, 6.07) is 9.22. The van der Waals surface area contributed by atoms with Crippen molar-refractivity contribution in [2.45, 2.75) is 46.0 Å². The lowest BCUT2D eigenvalue weighted by atomic mass is 9.95. The van der Waals surface area contributed by atoms with E-state index in [1.165, 1.54) is 30.6 Å². The van der Waals surface area contributed by atoms with Crippen molar-refractivity contribution in [3.63, 3.8) is 0 Å². The van der Waals surface area contributed by atoms with Crippen molar-refractivity contribution in [1.82, 2.24) is 4.90 Å². The third-order valence-corrected chi connectivity index (χ3v) is 3.47. The lowest BCUT2D eigenvalue weighted by molar-refractivity contribution is 0.411. The van der Waals surface area contributed by atoms with E-state index in [-0.39, 0.29) is 0 Å². The van der Waals surface area contributed by atoms with E-state index in [1.54, 1.807) is 0 Å². The van der Waals surface area contributed by atoms with Gasteiger partial charge in [-0.2, -0.15) is 0 Å². The van der Waals surface area contributed by atoms with Gasteiger partial charge in [-0.05, 0) is 43.0 Å². The molecule has 1 heteroatoms. The molecule has 17 heavy (non-hydrogen) atoms. The zero-order chi connectivity index (χ0) is 12.8. The minimum absolute atomic E-state index is 0.644. The third-order valence-electron chi connectivity index (χ3n) is 3.47. The molecule has 0 saturated carbocycles. The van der Waals surface area contributed by atoms with Crippen molar-refractivity contribution < 1.29 is 0 Å². The molecule has 1 heterocycles. The molecule has 1 aliphatic heterocycles. The predicted octanol–water partition coefficient (Wildman–Crippen LogP) is 4.26. The number of likely N-dealkylation sites (N-methyl/N-ethyl adjacent to an activating group) is 1. The molecule has 0 aromatic heterocycles. The van der Waals surface area contributed by atoms with E-state index in [4.69, 9.17) is 0 Å². The molecular formula is C16H27N. The molecule has 1 unspecified atom stereocenters. The van der Waals surface area contributed by atoms with E-state index in [9.17, 15) is 0 Å². The first-order valence-corrected chi connectivity index (χ1v) is 6.95. The van der Waals surface area contributed by atoms with Crippen LogP contribution in [0.2, 0.25) is 0 Å². The highest BCUT2D eigenvalue weighted by Gasteiger charge is 2.20. The summed E-state index contributed by atoms with van der Waals surface area (Å²) >= 11 is 0. The summed E-state index contributed by atoms with van der Waals surface area (Å²) in [5.74, 6) is 1.40. The fraction of sp³-hybridized carbons (Fsp3) is 0.625. The average Bonchev–Trinajstić information content (AvgIpc) is 2.79. The Morgan fingerprint density at radius 2 is 1.71 bits per heavy atom. The van der Waals surface area contributed by atoms with Gasteiger partial charge in [-0.3, -0.25) is 0 Å². The van der Waals surface area contributed by atoms with Crippen LogP contribution in [0.15, 0.2) is 24.3 Å². The second kappa shape index (κ2) is 6.80. The van der Waals surface area contributed by atoms with Crippen LogP contribution in [-0.4, -0.2) is 25.0 Å². The highest BCUT2D eigenvalue weighted by Crippen LogP contribution is 2.27. The van der Waals surface area contributed by atoms with Crippen molar-refractivity contribution in [1.29, 1.82) is 0 Å². The first-order chi connectivity index (χ1) is 8.16. The lowest BCUT2D eigenvalue weighted by Gasteiger charge is -2.12. The van der Waals surface area contributed by atoms with Gasteiger partial charge < -0.3 is 4.90 Å². The molecule has 0 spiro atoms. The van der Waals surface area contributed by atoms with E-state index >= 15 is 0 Å². The summed E-state index contributed by atoms with van der Waals surface area (Å²) < 4.78 is 0. The number of likely N-dealkylation sites (tertiary alicyclic amines) is 1. The second-order valence-electron chi connectivity index (χ2n) is 5.07. The van der Waals surface area contributed by atoms with Crippen LogP contribution in [0.1, 0.15) is 57.1 Å². The van der Waals surface area contributed by atoms with Crippen LogP contribution in [0.5, 0.6) is 0 Å². The average molecular weight is 233 g/mol. The van der Waals surface area contributed by atoms with Gasteiger partial charge in [-0.15, -0.1) is 0 Å². The third kappa shape index (κ3) is 3.85. The normalized spacial score (nSPS) is 20.2. The molecule has 0 aliphatic carbocycles. The van der Waals surface area contributed by atoms with Crippen LogP contribution >= 0.6 is 0 Å². The molecule has 1 aromatic rings. The molecule has 1 aromatic carbocycles. The zero-order valence-corrected chi connectivity index (χ0v) is 12.0. The number of hydrogen-bond acceptors (Lipinski definition) is 1. The summed E-state index contributed by atoms with van der Waals surface area (Å²) in [5.41, 5.74) is 2.97. The van der Waals surface area contributed by atoms with Crippen LogP contribution in [0.4, 0.5) is 0 Å². The fourth-order valence-corrected chi connectivity index (χ4v) is 2.36. The first-order valence-electron chi connectivity index (χ1n) is 6.95. The Bertz CT molecular complexity index is 313. The van der Waals surface area contributed by atoms with E-state index in [2.05, 4.69) is 50.1 Å². The minimum atomic E-state index is 0.644. The van der Waals surface area contributed by atoms with Crippen LogP contribution in [-0.2, 0) is 0 Å². The van der Waals surface area contributed by atoms with Crippen LogP contribution in [0.25, 0.3) is 0 Å². The Hall–Kier alpha value is -0.820. The van der Waals surface area contributed by atoms with Crippen LogP contribution in [0, 0.1) is 0 Å². The number of benzene rings is 1. The Morgan fingerprint density at radius 1 is 1.12 bits per heavy atom. The van der Waals surface area contributed by atoms with Crippen LogP contribution in [0.3, 0.4) is 0 Å². The topological polar surface area (TPSA) is 3.24 Å². The SMILES string of the molecule is CC.CC(C)c1ccc(C2CCN(C)C2)cc1. The molecule has 96 valence electrons. The van der Waals surface area contributed by atoms with Gasteiger partial charge in [-0.1, -0.05) is 52.0 Å². The highest BCUT2D eigenvalue weighted by atomic mass is 15.1. The Morgan fingerprint density at radius 3 is 2.12 bits per heavy atom. The number of rotatable bonds is 2. The highest BCUT2D eigenvalue weighted by molar-refractivity contribution is 5.28. The van der Waals surface area contributed by atoms with E-state index in [0.717, 1.165) is 5.92 Å². The Kier molecular flexibility index (Phi) is 5.70. The Balaban J connectivity index is 0.000000686. The van der Waals surface area contributed by atoms with E-state index in [0.29, 0.717) is 5.92 Å². The summed E-state index contributed by atoms with van der Waals surface area (Å²) in [5, 5.41) is 0. The molecule has 1 atom stereocenters. The van der Waals surface area contributed by atoms with Gasteiger partial charge in [0.25, 0.3) is 0 Å². The summed E-state index contributed by atoms with van der Waals surface area (Å²) in [4.78, 5) is 2.42. The van der Waals surface area contributed by atoms with Crippen molar-refractivity contribution in [3.05, 3.63) is 35.4 Å². The molecule has 1 aliphatic rings. The van der Waals surface area contributed by atoms with Crippen molar-refractivity contribution in [2.75, 3.05) is 20.1 Å². The van der Waals surface area contributed by atoms with Crippen molar-refractivity contribution in [3.8, 4) is 0 Å². The molecule has 0 radical (unpaired) electrons. The van der Waals surface area contributed by atoms with Gasteiger partial charge in [0.2, 0.25) is 0 Å². The first kappa shape index (κ1) is 14.2. The minimum Gasteiger partial charge on any atom is -0.306 e. The summed E-state index contributed by atoms with van der Waals surface area (Å²) in [7, 11) is 2.21. The van der Waals surface area contributed by atoms with Gasteiger partial charge >= 0.3 is 0 Å². The lowest BCUT2D eigenvalue weighted by Crippen LogP contribution is -2.13. The molecule has 0 bridgehead atoms. The second-order valence-corrected chi connectivity index (χ2v) is 5.07. The Labute approximate surface area is 107 Å². The van der Waals surface area contributed by atoms with Crippen LogP contribution < -0.4 is 0 Å². The number of hydrogen-bond donors (Lipinski definition) is 0. The molecular weight excluding hydrogens is 206 g/mol. The van der Waals surface area contributed by atoms with E-state index < -0.39 is 0 Å². The maximum absolute atomic E-state index is 2.42. The van der Waals surface area contributed by atoms with Crippen molar-refractivity contribution >= 4 is 0 Å². The van der Waals surface area contributed by atoms with Gasteiger partial charge in [0.15, 0.2) is 0 Å². The van der Waals surface area contributed by atoms with Gasteiger partial charge in [0, 0.05) is 6.54 Å². The zero-order valence-electron chi connectivity index (χ0n) is 12.0. The maximum Gasteiger partial charge on any atom is 0.00477 e. The summed E-state index contributed by atoms with van der Waals surface area (Å²) in [6.07, 6.45) is 1.32. The van der Waals surface area contributed by atoms with Gasteiger partial charge in [0.1, 0.15) is 0 Å².